The molecule has 3 heterocycles. The van der Waals surface area contributed by atoms with E-state index < -0.39 is 27.1 Å². The summed E-state index contributed by atoms with van der Waals surface area (Å²) in [5.41, 5.74) is 5.48. The normalized spacial score (nSPS) is 20.4. The summed E-state index contributed by atoms with van der Waals surface area (Å²) >= 11 is 0. The number of rotatable bonds is 5. The van der Waals surface area contributed by atoms with Crippen molar-refractivity contribution in [2.45, 2.75) is 42.5 Å². The largest absolute Gasteiger partial charge is 0.472 e. The molecule has 0 radical (unpaired) electrons. The molecule has 162 valence electrons. The predicted octanol–water partition coefficient (Wildman–Crippen LogP) is 1.66. The van der Waals surface area contributed by atoms with E-state index in [1.807, 2.05) is 0 Å². The van der Waals surface area contributed by atoms with Crippen LogP contribution in [0.3, 0.4) is 0 Å². The van der Waals surface area contributed by atoms with Crippen molar-refractivity contribution in [3.63, 3.8) is 0 Å². The maximum Gasteiger partial charge on any atom is 0.343 e. The van der Waals surface area contributed by atoms with Crippen molar-refractivity contribution in [2.75, 3.05) is 6.54 Å². The molecule has 10 heteroatoms. The lowest BCUT2D eigenvalue weighted by Crippen LogP contribution is -2.44. The molecule has 0 bridgehead atoms. The van der Waals surface area contributed by atoms with Crippen LogP contribution < -0.4 is 11.3 Å². The van der Waals surface area contributed by atoms with Gasteiger partial charge in [-0.2, -0.15) is 4.31 Å². The highest BCUT2D eigenvalue weighted by Gasteiger charge is 2.60. The highest BCUT2D eigenvalue weighted by molar-refractivity contribution is 7.89. The molecule has 1 saturated heterocycles. The number of ether oxygens (including phenoxy) is 1. The van der Waals surface area contributed by atoms with E-state index >= 15 is 0 Å². The molecule has 1 atom stereocenters. The van der Waals surface area contributed by atoms with Gasteiger partial charge < -0.3 is 14.9 Å². The molecule has 3 aromatic rings. The molecule has 1 aliphatic carbocycles. The van der Waals surface area contributed by atoms with Crippen molar-refractivity contribution in [3.8, 4) is 0 Å². The first-order valence-corrected chi connectivity index (χ1v) is 11.4. The summed E-state index contributed by atoms with van der Waals surface area (Å²) in [6, 6.07) is 7.48. The SMILES string of the molecule is N[C@H]1CCN(S(=O)(=O)c2cccc3c(=O)n(COC(=O)c4ccoc4)ccc23)C12CC2. The fraction of sp³-hybridized carbons (Fsp3) is 0.333. The Morgan fingerprint density at radius 1 is 1.23 bits per heavy atom. The standard InChI is InChI=1S/C21H21N3O6S/c22-18-5-10-24(21(18)7-8-21)31(27,28)17-3-1-2-16-15(17)4-9-23(19(16)25)13-30-20(26)14-6-11-29-12-14/h1-4,6,9,11-12,18H,5,7-8,10,13,22H2/t18-/m0/s1. The number of sulfonamides is 1. The first-order valence-electron chi connectivity index (χ1n) is 9.94. The van der Waals surface area contributed by atoms with Gasteiger partial charge in [-0.05, 0) is 43.5 Å². The number of hydrogen-bond acceptors (Lipinski definition) is 7. The van der Waals surface area contributed by atoms with Crippen LogP contribution in [-0.4, -0.2) is 41.4 Å². The molecule has 5 rings (SSSR count). The number of hydrogen-bond donors (Lipinski definition) is 1. The molecule has 0 unspecified atom stereocenters. The van der Waals surface area contributed by atoms with Crippen LogP contribution in [0.4, 0.5) is 0 Å². The third-order valence-electron chi connectivity index (χ3n) is 6.23. The lowest BCUT2D eigenvalue weighted by atomic mass is 10.1. The fourth-order valence-corrected chi connectivity index (χ4v) is 6.45. The minimum absolute atomic E-state index is 0.0880. The molecule has 2 fully saturated rings. The lowest BCUT2D eigenvalue weighted by molar-refractivity contribution is 0.0366. The average molecular weight is 443 g/mol. The van der Waals surface area contributed by atoms with Crippen molar-refractivity contribution in [1.82, 2.24) is 8.87 Å². The van der Waals surface area contributed by atoms with Crippen LogP contribution in [0.1, 0.15) is 29.6 Å². The van der Waals surface area contributed by atoms with E-state index in [0.29, 0.717) is 18.4 Å². The van der Waals surface area contributed by atoms with Crippen LogP contribution in [0.25, 0.3) is 10.8 Å². The summed E-state index contributed by atoms with van der Waals surface area (Å²) in [6.07, 6.45) is 6.16. The van der Waals surface area contributed by atoms with Gasteiger partial charge >= 0.3 is 5.97 Å². The van der Waals surface area contributed by atoms with Crippen molar-refractivity contribution in [3.05, 3.63) is 65.0 Å². The second-order valence-corrected chi connectivity index (χ2v) is 9.79. The number of aromatic nitrogens is 1. The average Bonchev–Trinajstić information content (AvgIpc) is 3.21. The van der Waals surface area contributed by atoms with Crippen molar-refractivity contribution < 1.29 is 22.4 Å². The third-order valence-corrected chi connectivity index (χ3v) is 8.27. The summed E-state index contributed by atoms with van der Waals surface area (Å²) < 4.78 is 39.7. The van der Waals surface area contributed by atoms with E-state index in [0.717, 1.165) is 12.8 Å². The van der Waals surface area contributed by atoms with E-state index in [9.17, 15) is 18.0 Å². The van der Waals surface area contributed by atoms with Crippen LogP contribution in [0.5, 0.6) is 0 Å². The Morgan fingerprint density at radius 3 is 2.74 bits per heavy atom. The molecule has 2 N–H and O–H groups in total. The Morgan fingerprint density at radius 2 is 2.03 bits per heavy atom. The number of nitrogens with zero attached hydrogens (tertiary/aromatic N) is 2. The van der Waals surface area contributed by atoms with Crippen molar-refractivity contribution in [2.24, 2.45) is 5.73 Å². The van der Waals surface area contributed by atoms with Gasteiger partial charge in [-0.3, -0.25) is 9.36 Å². The first-order chi connectivity index (χ1) is 14.8. The zero-order valence-corrected chi connectivity index (χ0v) is 17.4. The van der Waals surface area contributed by atoms with Gasteiger partial charge in [0.05, 0.1) is 22.3 Å². The Balaban J connectivity index is 1.48. The van der Waals surface area contributed by atoms with Crippen molar-refractivity contribution >= 4 is 26.8 Å². The Hall–Kier alpha value is -2.95. The summed E-state index contributed by atoms with van der Waals surface area (Å²) in [5.74, 6) is -0.628. The maximum atomic E-state index is 13.5. The summed E-state index contributed by atoms with van der Waals surface area (Å²) in [6.45, 7) is 0.0702. The molecule has 1 aliphatic heterocycles. The van der Waals surface area contributed by atoms with Crippen LogP contribution in [0.2, 0.25) is 0 Å². The number of carbonyl (C=O) groups is 1. The number of esters is 1. The van der Waals surface area contributed by atoms with E-state index in [1.54, 1.807) is 18.2 Å². The minimum atomic E-state index is -3.82. The van der Waals surface area contributed by atoms with Crippen molar-refractivity contribution in [1.29, 1.82) is 0 Å². The lowest BCUT2D eigenvalue weighted by Gasteiger charge is -2.26. The minimum Gasteiger partial charge on any atom is -0.472 e. The number of furan rings is 1. The quantitative estimate of drug-likeness (QED) is 0.595. The topological polar surface area (TPSA) is 125 Å². The van der Waals surface area contributed by atoms with Crippen LogP contribution in [0.15, 0.2) is 63.2 Å². The third kappa shape index (κ3) is 3.10. The predicted molar refractivity (Wildman–Crippen MR) is 111 cm³/mol. The highest BCUT2D eigenvalue weighted by atomic mass is 32.2. The zero-order chi connectivity index (χ0) is 21.8. The Bertz CT molecular complexity index is 1320. The molecular formula is C21H21N3O6S. The second-order valence-electron chi connectivity index (χ2n) is 7.96. The van der Waals surface area contributed by atoms with Gasteiger partial charge in [-0.15, -0.1) is 0 Å². The number of carbonyl (C=O) groups excluding carboxylic acids is 1. The summed E-state index contributed by atoms with van der Waals surface area (Å²) in [5, 5.41) is 0.567. The monoisotopic (exact) mass is 443 g/mol. The fourth-order valence-electron chi connectivity index (χ4n) is 4.37. The number of fused-ring (bicyclic) bond motifs is 1. The number of pyridine rings is 1. The molecule has 1 spiro atoms. The molecule has 2 aromatic heterocycles. The van der Waals surface area contributed by atoms with Crippen LogP contribution in [-0.2, 0) is 21.5 Å². The molecule has 31 heavy (non-hydrogen) atoms. The van der Waals surface area contributed by atoms with E-state index in [1.165, 1.54) is 39.7 Å². The Labute approximate surface area is 178 Å². The molecule has 9 nitrogen and oxygen atoms in total. The Kier molecular flexibility index (Phi) is 4.54. The molecule has 0 amide bonds. The van der Waals surface area contributed by atoms with Gasteiger partial charge in [-0.25, -0.2) is 13.2 Å². The summed E-state index contributed by atoms with van der Waals surface area (Å²) in [7, 11) is -3.82. The zero-order valence-electron chi connectivity index (χ0n) is 16.6. The van der Waals surface area contributed by atoms with E-state index in [2.05, 4.69) is 0 Å². The smallest absolute Gasteiger partial charge is 0.343 e. The number of nitrogens with two attached hydrogens (primary N) is 1. The maximum absolute atomic E-state index is 13.5. The molecule has 1 aromatic carbocycles. The van der Waals surface area contributed by atoms with Gasteiger partial charge in [0.2, 0.25) is 10.0 Å². The van der Waals surface area contributed by atoms with E-state index in [-0.39, 0.29) is 28.6 Å². The van der Waals surface area contributed by atoms with Crippen LogP contribution in [0, 0.1) is 0 Å². The first kappa shape index (κ1) is 20.0. The van der Waals surface area contributed by atoms with Gasteiger partial charge in [0.1, 0.15) is 6.26 Å². The van der Waals surface area contributed by atoms with Gasteiger partial charge in [0, 0.05) is 29.6 Å². The van der Waals surface area contributed by atoms with Crippen LogP contribution >= 0.6 is 0 Å². The van der Waals surface area contributed by atoms with Gasteiger partial charge in [0.15, 0.2) is 6.73 Å². The molecule has 1 saturated carbocycles. The van der Waals surface area contributed by atoms with Gasteiger partial charge in [0.25, 0.3) is 5.56 Å². The number of benzene rings is 1. The second kappa shape index (κ2) is 7.04. The summed E-state index contributed by atoms with van der Waals surface area (Å²) in [4.78, 5) is 25.0. The van der Waals surface area contributed by atoms with E-state index in [4.69, 9.17) is 14.9 Å². The molecule has 2 aliphatic rings. The highest BCUT2D eigenvalue weighted by Crippen LogP contribution is 2.51. The van der Waals surface area contributed by atoms with Gasteiger partial charge in [-0.1, -0.05) is 6.07 Å². The molecular weight excluding hydrogens is 422 g/mol.